The first-order chi connectivity index (χ1) is 28.6. The molecule has 20 nitrogen and oxygen atoms in total. The number of carbonyl (C=O) groups excluding carboxylic acids is 8. The van der Waals surface area contributed by atoms with Crippen LogP contribution in [0.5, 0.6) is 0 Å². The van der Waals surface area contributed by atoms with Crippen molar-refractivity contribution in [3.63, 3.8) is 0 Å². The van der Waals surface area contributed by atoms with Gasteiger partial charge in [0.05, 0.1) is 37.9 Å². The van der Waals surface area contributed by atoms with Crippen molar-refractivity contribution < 1.29 is 67.6 Å². The first kappa shape index (κ1) is 47.0. The lowest BCUT2D eigenvalue weighted by Crippen LogP contribution is -2.54. The fraction of sp³-hybridized carbons (Fsp3) is 0.575. The number of likely N-dealkylation sites (tertiary alicyclic amines) is 1. The SMILES string of the molecule is CCCOCCC(=O)NCC1C[C@@H](N2C(=O)C=CC2=O)C(=O)N1CC(=O)NC(C(=O)NCC(=O)Nc1ccc(COC=O)c(CCC2CC(O)CC(C(=O)O)O2)c1)C(C)C. The molecule has 6 atom stereocenters. The monoisotopic (exact) mass is 842 g/mol. The fourth-order valence-corrected chi connectivity index (χ4v) is 7.17. The highest BCUT2D eigenvalue weighted by Crippen LogP contribution is 2.27. The molecule has 5 unspecified atom stereocenters. The third-order valence-corrected chi connectivity index (χ3v) is 10.2. The molecule has 2 saturated heterocycles. The van der Waals surface area contributed by atoms with E-state index in [0.717, 1.165) is 23.5 Å². The number of imide groups is 1. The predicted molar refractivity (Wildman–Crippen MR) is 209 cm³/mol. The van der Waals surface area contributed by atoms with Gasteiger partial charge in [-0.2, -0.15) is 0 Å². The summed E-state index contributed by atoms with van der Waals surface area (Å²) in [7, 11) is 0. The Bertz CT molecular complexity index is 1780. The lowest BCUT2D eigenvalue weighted by atomic mass is 9.94. The molecule has 2 fully saturated rings. The highest BCUT2D eigenvalue weighted by Gasteiger charge is 2.47. The van der Waals surface area contributed by atoms with Crippen molar-refractivity contribution in [3.8, 4) is 0 Å². The zero-order chi connectivity index (χ0) is 43.9. The van der Waals surface area contributed by atoms with E-state index in [1.165, 1.54) is 4.90 Å². The molecule has 1 aromatic carbocycles. The number of carbonyl (C=O) groups is 9. The molecule has 3 heterocycles. The van der Waals surface area contributed by atoms with Crippen LogP contribution in [0.1, 0.15) is 70.4 Å². The maximum atomic E-state index is 13.6. The molecule has 60 heavy (non-hydrogen) atoms. The summed E-state index contributed by atoms with van der Waals surface area (Å²) in [4.78, 5) is 115. The minimum Gasteiger partial charge on any atom is -0.479 e. The summed E-state index contributed by atoms with van der Waals surface area (Å²) in [6.07, 6.45) is 1.26. The first-order valence-corrected chi connectivity index (χ1v) is 19.9. The number of rotatable bonds is 23. The van der Waals surface area contributed by atoms with Gasteiger partial charge in [0.1, 0.15) is 18.7 Å². The molecule has 7 amide bonds. The number of carboxylic acids is 1. The van der Waals surface area contributed by atoms with Crippen LogP contribution in [0.2, 0.25) is 0 Å². The van der Waals surface area contributed by atoms with Gasteiger partial charge in [-0.1, -0.05) is 26.8 Å². The van der Waals surface area contributed by atoms with E-state index >= 15 is 0 Å². The van der Waals surface area contributed by atoms with Gasteiger partial charge < -0.3 is 50.6 Å². The summed E-state index contributed by atoms with van der Waals surface area (Å²) < 4.78 is 15.9. The summed E-state index contributed by atoms with van der Waals surface area (Å²) in [6, 6.07) is 1.74. The van der Waals surface area contributed by atoms with Gasteiger partial charge >= 0.3 is 5.97 Å². The van der Waals surface area contributed by atoms with Crippen molar-refractivity contribution in [3.05, 3.63) is 41.5 Å². The Labute approximate surface area is 346 Å². The average Bonchev–Trinajstić information content (AvgIpc) is 3.69. The van der Waals surface area contributed by atoms with E-state index in [0.29, 0.717) is 42.7 Å². The number of carboxylic acid groups (broad SMARTS) is 1. The van der Waals surface area contributed by atoms with E-state index in [-0.39, 0.29) is 51.3 Å². The third-order valence-electron chi connectivity index (χ3n) is 10.2. The van der Waals surface area contributed by atoms with Crippen LogP contribution < -0.4 is 21.3 Å². The van der Waals surface area contributed by atoms with Crippen LogP contribution in [0.15, 0.2) is 30.4 Å². The fourth-order valence-electron chi connectivity index (χ4n) is 7.17. The van der Waals surface area contributed by atoms with Crippen LogP contribution in [0.4, 0.5) is 5.69 Å². The molecule has 0 saturated carbocycles. The number of amides is 7. The smallest absolute Gasteiger partial charge is 0.332 e. The van der Waals surface area contributed by atoms with Crippen LogP contribution in [0.3, 0.4) is 0 Å². The Morgan fingerprint density at radius 2 is 1.70 bits per heavy atom. The quantitative estimate of drug-likeness (QED) is 0.0452. The van der Waals surface area contributed by atoms with Crippen LogP contribution in [-0.2, 0) is 70.4 Å². The number of aliphatic hydroxyl groups excluding tert-OH is 1. The van der Waals surface area contributed by atoms with E-state index in [1.54, 1.807) is 32.0 Å². The van der Waals surface area contributed by atoms with Gasteiger partial charge in [0.2, 0.25) is 29.5 Å². The second-order valence-corrected chi connectivity index (χ2v) is 15.1. The number of hydrogen-bond donors (Lipinski definition) is 6. The maximum absolute atomic E-state index is 13.6. The second kappa shape index (κ2) is 22.6. The van der Waals surface area contributed by atoms with E-state index in [2.05, 4.69) is 21.3 Å². The highest BCUT2D eigenvalue weighted by atomic mass is 16.5. The molecule has 4 rings (SSSR count). The normalized spacial score (nSPS) is 21.8. The third kappa shape index (κ3) is 13.4. The molecule has 20 heteroatoms. The molecule has 0 radical (unpaired) electrons. The molecule has 1 aromatic rings. The number of aliphatic carboxylic acids is 1. The second-order valence-electron chi connectivity index (χ2n) is 15.1. The minimum absolute atomic E-state index is 0.0171. The number of ether oxygens (including phenoxy) is 3. The van der Waals surface area contributed by atoms with Gasteiger partial charge in [-0.25, -0.2) is 4.79 Å². The van der Waals surface area contributed by atoms with Crippen molar-refractivity contribution in [2.24, 2.45) is 5.92 Å². The molecular formula is C40H54N6O14. The standard InChI is InChI=1S/C40H54N6O14/c1-4-12-58-13-11-32(49)41-18-27-15-30(46-35(52)9-10-36(46)53)39(55)45(27)20-34(51)44-37(23(2)3)38(54)42-19-33(50)43-26-7-5-25(21-59-22-47)24(14-26)6-8-29-16-28(48)17-31(60-29)40(56)57/h5,7,9-10,14,22-23,27-31,37,48H,4,6,8,11-13,15-21H2,1-3H3,(H,41,49)(H,42,54)(H,43,50)(H,44,51)(H,56,57)/t27?,28?,29?,30-,31?,37?/m1/s1. The van der Waals surface area contributed by atoms with Crippen LogP contribution in [0.25, 0.3) is 0 Å². The van der Waals surface area contributed by atoms with E-state index < -0.39 is 96.9 Å². The summed E-state index contributed by atoms with van der Waals surface area (Å²) in [5, 5.41) is 30.0. The Hall–Kier alpha value is -5.73. The van der Waals surface area contributed by atoms with Gasteiger partial charge in [-0.3, -0.25) is 43.3 Å². The zero-order valence-corrected chi connectivity index (χ0v) is 33.9. The average molecular weight is 843 g/mol. The summed E-state index contributed by atoms with van der Waals surface area (Å²) in [6.45, 7) is 5.06. The maximum Gasteiger partial charge on any atom is 0.332 e. The van der Waals surface area contributed by atoms with Gasteiger partial charge in [-0.15, -0.1) is 0 Å². The largest absolute Gasteiger partial charge is 0.479 e. The lowest BCUT2D eigenvalue weighted by molar-refractivity contribution is -0.166. The number of nitrogens with one attached hydrogen (secondary N) is 4. The molecule has 0 bridgehead atoms. The van der Waals surface area contributed by atoms with Crippen molar-refractivity contribution in [2.75, 3.05) is 38.2 Å². The van der Waals surface area contributed by atoms with Crippen LogP contribution >= 0.6 is 0 Å². The Balaban J connectivity index is 1.35. The van der Waals surface area contributed by atoms with Crippen LogP contribution in [0, 0.1) is 5.92 Å². The van der Waals surface area contributed by atoms with Gasteiger partial charge in [0.15, 0.2) is 6.10 Å². The van der Waals surface area contributed by atoms with E-state index in [4.69, 9.17) is 14.2 Å². The predicted octanol–water partition coefficient (Wildman–Crippen LogP) is -0.692. The van der Waals surface area contributed by atoms with E-state index in [1.807, 2.05) is 6.92 Å². The Kier molecular flexibility index (Phi) is 17.7. The number of aliphatic hydroxyl groups is 1. The Morgan fingerprint density at radius 1 is 0.967 bits per heavy atom. The number of hydrogen-bond acceptors (Lipinski definition) is 13. The number of aryl methyl sites for hydroxylation is 1. The Morgan fingerprint density at radius 3 is 2.37 bits per heavy atom. The van der Waals surface area contributed by atoms with E-state index in [9.17, 15) is 53.4 Å². The number of benzene rings is 1. The van der Waals surface area contributed by atoms with Gasteiger partial charge in [-0.05, 0) is 61.3 Å². The number of anilines is 1. The zero-order valence-electron chi connectivity index (χ0n) is 33.9. The summed E-state index contributed by atoms with van der Waals surface area (Å²) in [5.74, 6) is -6.06. The molecule has 3 aliphatic heterocycles. The van der Waals surface area contributed by atoms with Crippen molar-refractivity contribution >= 4 is 59.5 Å². The molecule has 0 aromatic heterocycles. The molecular weight excluding hydrogens is 788 g/mol. The van der Waals surface area contributed by atoms with Gasteiger partial charge in [0, 0.05) is 43.8 Å². The highest BCUT2D eigenvalue weighted by molar-refractivity contribution is 6.15. The number of nitrogens with zero attached hydrogens (tertiary/aromatic N) is 2. The molecule has 0 aliphatic carbocycles. The minimum atomic E-state index is -1.20. The van der Waals surface area contributed by atoms with Crippen molar-refractivity contribution in [1.29, 1.82) is 0 Å². The molecule has 6 N–H and O–H groups in total. The molecule has 0 spiro atoms. The van der Waals surface area contributed by atoms with Crippen molar-refractivity contribution in [1.82, 2.24) is 25.8 Å². The summed E-state index contributed by atoms with van der Waals surface area (Å²) >= 11 is 0. The lowest BCUT2D eigenvalue weighted by Gasteiger charge is -2.31. The van der Waals surface area contributed by atoms with Crippen LogP contribution in [-0.4, -0.2) is 143 Å². The summed E-state index contributed by atoms with van der Waals surface area (Å²) in [5.41, 5.74) is 1.63. The molecule has 328 valence electrons. The topological polar surface area (TPSA) is 276 Å². The van der Waals surface area contributed by atoms with Gasteiger partial charge in [0.25, 0.3) is 18.3 Å². The van der Waals surface area contributed by atoms with Crippen molar-refractivity contribution in [2.45, 2.75) is 109 Å². The first-order valence-electron chi connectivity index (χ1n) is 19.9. The molecule has 3 aliphatic rings.